The van der Waals surface area contributed by atoms with E-state index in [1.165, 1.54) is 6.42 Å². The molecule has 92 valence electrons. The van der Waals surface area contributed by atoms with E-state index in [-0.39, 0.29) is 0 Å². The molecule has 0 aromatic carbocycles. The Morgan fingerprint density at radius 2 is 2.35 bits per heavy atom. The van der Waals surface area contributed by atoms with Gasteiger partial charge in [-0.1, -0.05) is 13.3 Å². The van der Waals surface area contributed by atoms with Gasteiger partial charge in [-0.3, -0.25) is 0 Å². The third-order valence-corrected chi connectivity index (χ3v) is 3.27. The first-order valence-electron chi connectivity index (χ1n) is 6.29. The van der Waals surface area contributed by atoms with Crippen molar-refractivity contribution in [2.75, 3.05) is 11.1 Å². The summed E-state index contributed by atoms with van der Waals surface area (Å²) >= 11 is 0. The number of nitriles is 1. The Morgan fingerprint density at radius 1 is 1.59 bits per heavy atom. The first kappa shape index (κ1) is 11.8. The fourth-order valence-corrected chi connectivity index (χ4v) is 1.91. The van der Waals surface area contributed by atoms with Crippen LogP contribution in [-0.2, 0) is 6.54 Å². The monoisotopic (exact) mass is 233 g/mol. The van der Waals surface area contributed by atoms with Crippen LogP contribution in [0.2, 0.25) is 0 Å². The van der Waals surface area contributed by atoms with Gasteiger partial charge in [0.05, 0.1) is 0 Å². The summed E-state index contributed by atoms with van der Waals surface area (Å²) in [4.78, 5) is 0. The van der Waals surface area contributed by atoms with Crippen LogP contribution in [0.3, 0.4) is 0 Å². The van der Waals surface area contributed by atoms with Crippen LogP contribution in [-0.4, -0.2) is 15.8 Å². The molecule has 0 saturated heterocycles. The van der Waals surface area contributed by atoms with Gasteiger partial charge in [0.2, 0.25) is 0 Å². The van der Waals surface area contributed by atoms with Crippen LogP contribution in [0.5, 0.6) is 0 Å². The molecule has 17 heavy (non-hydrogen) atoms. The summed E-state index contributed by atoms with van der Waals surface area (Å²) in [5.74, 6) is 1.15. The highest BCUT2D eigenvalue weighted by atomic mass is 15.3. The van der Waals surface area contributed by atoms with Crippen molar-refractivity contribution in [3.8, 4) is 6.07 Å². The van der Waals surface area contributed by atoms with Crippen LogP contribution in [0.15, 0.2) is 0 Å². The standard InChI is InChI=1S/C12H19N5/c1-2-3-7-17-11(14)10(8-13)12(16-17)15-9-5-4-6-9/h9H,2-7,14H2,1H3,(H,15,16). The molecule has 0 aliphatic heterocycles. The van der Waals surface area contributed by atoms with E-state index in [0.29, 0.717) is 23.2 Å². The fourth-order valence-electron chi connectivity index (χ4n) is 1.91. The van der Waals surface area contributed by atoms with E-state index in [4.69, 9.17) is 11.0 Å². The molecule has 0 amide bonds. The summed E-state index contributed by atoms with van der Waals surface area (Å²) in [6, 6.07) is 2.61. The SMILES string of the molecule is CCCCn1nc(NC2CCC2)c(C#N)c1N. The van der Waals surface area contributed by atoms with E-state index in [2.05, 4.69) is 23.4 Å². The predicted octanol–water partition coefficient (Wildman–Crippen LogP) is 2.10. The normalized spacial score (nSPS) is 15.3. The molecule has 1 aromatic heterocycles. The molecular weight excluding hydrogens is 214 g/mol. The van der Waals surface area contributed by atoms with Crippen LogP contribution in [0.25, 0.3) is 0 Å². The summed E-state index contributed by atoms with van der Waals surface area (Å²) in [6.07, 6.45) is 5.69. The van der Waals surface area contributed by atoms with Gasteiger partial charge >= 0.3 is 0 Å². The van der Waals surface area contributed by atoms with E-state index in [9.17, 15) is 0 Å². The molecule has 2 rings (SSSR count). The Labute approximate surface area is 102 Å². The van der Waals surface area contributed by atoms with Crippen molar-refractivity contribution in [3.05, 3.63) is 5.56 Å². The summed E-state index contributed by atoms with van der Waals surface area (Å²) in [5, 5.41) is 16.8. The predicted molar refractivity (Wildman–Crippen MR) is 67.5 cm³/mol. The molecule has 1 saturated carbocycles. The Hall–Kier alpha value is -1.70. The Balaban J connectivity index is 2.15. The molecule has 1 aromatic rings. The second-order valence-corrected chi connectivity index (χ2v) is 4.57. The van der Waals surface area contributed by atoms with Crippen LogP contribution in [0.4, 0.5) is 11.6 Å². The molecule has 0 atom stereocenters. The average Bonchev–Trinajstić information content (AvgIpc) is 2.57. The van der Waals surface area contributed by atoms with Gasteiger partial charge in [-0.25, -0.2) is 4.68 Å². The molecule has 1 fully saturated rings. The largest absolute Gasteiger partial charge is 0.383 e. The van der Waals surface area contributed by atoms with E-state index < -0.39 is 0 Å². The maximum atomic E-state index is 9.12. The molecule has 1 heterocycles. The van der Waals surface area contributed by atoms with Gasteiger partial charge in [0.15, 0.2) is 5.82 Å². The van der Waals surface area contributed by atoms with Crippen LogP contribution in [0.1, 0.15) is 44.6 Å². The van der Waals surface area contributed by atoms with Gasteiger partial charge in [0, 0.05) is 12.6 Å². The third-order valence-electron chi connectivity index (χ3n) is 3.27. The maximum absolute atomic E-state index is 9.12. The number of nitrogens with zero attached hydrogens (tertiary/aromatic N) is 3. The molecule has 0 unspecified atom stereocenters. The molecular formula is C12H19N5. The van der Waals surface area contributed by atoms with E-state index in [0.717, 1.165) is 32.2 Å². The van der Waals surface area contributed by atoms with Crippen molar-refractivity contribution in [3.63, 3.8) is 0 Å². The number of aromatic nitrogens is 2. The molecule has 3 N–H and O–H groups in total. The number of anilines is 2. The Kier molecular flexibility index (Phi) is 3.52. The number of nitrogens with one attached hydrogen (secondary N) is 1. The topological polar surface area (TPSA) is 79.7 Å². The van der Waals surface area contributed by atoms with E-state index in [1.54, 1.807) is 4.68 Å². The Bertz CT molecular complexity index is 425. The minimum atomic E-state index is 0.469. The van der Waals surface area contributed by atoms with Crippen molar-refractivity contribution in [2.45, 2.75) is 51.6 Å². The highest BCUT2D eigenvalue weighted by Crippen LogP contribution is 2.27. The van der Waals surface area contributed by atoms with Crippen LogP contribution >= 0.6 is 0 Å². The van der Waals surface area contributed by atoms with Crippen molar-refractivity contribution in [1.82, 2.24) is 9.78 Å². The third kappa shape index (κ3) is 2.36. The number of nitrogens with two attached hydrogens (primary N) is 1. The minimum absolute atomic E-state index is 0.469. The lowest BCUT2D eigenvalue weighted by Crippen LogP contribution is -2.27. The van der Waals surface area contributed by atoms with Gasteiger partial charge in [0.25, 0.3) is 0 Å². The zero-order chi connectivity index (χ0) is 12.3. The average molecular weight is 233 g/mol. The van der Waals surface area contributed by atoms with Gasteiger partial charge in [-0.05, 0) is 25.7 Å². The number of aryl methyl sites for hydroxylation is 1. The highest BCUT2D eigenvalue weighted by molar-refractivity contribution is 5.64. The van der Waals surface area contributed by atoms with Crippen LogP contribution < -0.4 is 11.1 Å². The summed E-state index contributed by atoms with van der Waals surface area (Å²) < 4.78 is 1.74. The number of unbranched alkanes of at least 4 members (excludes halogenated alkanes) is 1. The molecule has 0 spiro atoms. The first-order valence-corrected chi connectivity index (χ1v) is 6.29. The molecule has 5 nitrogen and oxygen atoms in total. The zero-order valence-electron chi connectivity index (χ0n) is 10.2. The second-order valence-electron chi connectivity index (χ2n) is 4.57. The zero-order valence-corrected chi connectivity index (χ0v) is 10.2. The van der Waals surface area contributed by atoms with Crippen molar-refractivity contribution in [1.29, 1.82) is 5.26 Å². The van der Waals surface area contributed by atoms with Crippen molar-refractivity contribution >= 4 is 11.6 Å². The van der Waals surface area contributed by atoms with E-state index >= 15 is 0 Å². The number of hydrogen-bond donors (Lipinski definition) is 2. The lowest BCUT2D eigenvalue weighted by atomic mass is 9.93. The first-order chi connectivity index (χ1) is 8.26. The van der Waals surface area contributed by atoms with Gasteiger partial charge in [0.1, 0.15) is 17.5 Å². The summed E-state index contributed by atoms with van der Waals surface area (Å²) in [7, 11) is 0. The van der Waals surface area contributed by atoms with Crippen molar-refractivity contribution in [2.24, 2.45) is 0 Å². The quantitative estimate of drug-likeness (QED) is 0.816. The maximum Gasteiger partial charge on any atom is 0.168 e. The molecule has 1 aliphatic rings. The molecule has 0 radical (unpaired) electrons. The number of hydrogen-bond acceptors (Lipinski definition) is 4. The molecule has 0 bridgehead atoms. The summed E-state index contributed by atoms with van der Waals surface area (Å²) in [5.41, 5.74) is 6.42. The minimum Gasteiger partial charge on any atom is -0.383 e. The molecule has 5 heteroatoms. The highest BCUT2D eigenvalue weighted by Gasteiger charge is 2.22. The number of nitrogen functional groups attached to an aromatic ring is 1. The van der Waals surface area contributed by atoms with Crippen molar-refractivity contribution < 1.29 is 0 Å². The van der Waals surface area contributed by atoms with Gasteiger partial charge in [-0.2, -0.15) is 10.4 Å². The lowest BCUT2D eigenvalue weighted by molar-refractivity contribution is 0.443. The smallest absolute Gasteiger partial charge is 0.168 e. The van der Waals surface area contributed by atoms with E-state index in [1.807, 2.05) is 0 Å². The second kappa shape index (κ2) is 5.09. The molecule has 1 aliphatic carbocycles. The van der Waals surface area contributed by atoms with Gasteiger partial charge < -0.3 is 11.1 Å². The number of rotatable bonds is 5. The fraction of sp³-hybridized carbons (Fsp3) is 0.667. The van der Waals surface area contributed by atoms with Gasteiger partial charge in [-0.15, -0.1) is 0 Å². The lowest BCUT2D eigenvalue weighted by Gasteiger charge is -2.26. The summed E-state index contributed by atoms with van der Waals surface area (Å²) in [6.45, 7) is 2.90. The van der Waals surface area contributed by atoms with Crippen LogP contribution in [0, 0.1) is 11.3 Å². The Morgan fingerprint density at radius 3 is 2.88 bits per heavy atom.